The molecule has 2 aromatic carbocycles. The number of likely N-dealkylation sites (tertiary alicyclic amines) is 1. The Morgan fingerprint density at radius 3 is 2.46 bits per heavy atom. The molecule has 3 N–H and O–H groups in total. The van der Waals surface area contributed by atoms with Gasteiger partial charge in [0.05, 0.1) is 0 Å². The van der Waals surface area contributed by atoms with E-state index in [1.165, 1.54) is 0 Å². The average molecular weight is 559 g/mol. The van der Waals surface area contributed by atoms with Crippen molar-refractivity contribution in [1.82, 2.24) is 15.2 Å². The molecule has 0 saturated carbocycles. The van der Waals surface area contributed by atoms with E-state index in [-0.39, 0.29) is 23.4 Å². The fourth-order valence-electron chi connectivity index (χ4n) is 6.00. The zero-order valence-corrected chi connectivity index (χ0v) is 23.7. The first-order valence-electron chi connectivity index (χ1n) is 14.2. The number of nitrogen functional groups attached to an aromatic ring is 1. The minimum atomic E-state index is -0.633. The van der Waals surface area contributed by atoms with Crippen molar-refractivity contribution >= 4 is 17.8 Å². The maximum atomic E-state index is 15.2. The average Bonchev–Trinajstić information content (AvgIpc) is 2.92. The van der Waals surface area contributed by atoms with Gasteiger partial charge >= 0.3 is 6.09 Å². The molecule has 0 atom stereocenters. The van der Waals surface area contributed by atoms with Crippen LogP contribution in [-0.2, 0) is 17.6 Å². The summed E-state index contributed by atoms with van der Waals surface area (Å²) < 4.78 is 27.2. The third kappa shape index (κ3) is 5.33. The van der Waals surface area contributed by atoms with E-state index >= 15 is 4.39 Å². The molecule has 3 aromatic rings. The van der Waals surface area contributed by atoms with E-state index in [1.54, 1.807) is 17.0 Å². The van der Waals surface area contributed by atoms with E-state index in [0.29, 0.717) is 41.9 Å². The molecule has 8 nitrogen and oxygen atoms in total. The van der Waals surface area contributed by atoms with E-state index in [1.807, 2.05) is 51.1 Å². The third-order valence-corrected chi connectivity index (χ3v) is 8.22. The Balaban J connectivity index is 1.22. The number of carbonyl (C=O) groups excluding carboxylic acids is 2. The van der Waals surface area contributed by atoms with Gasteiger partial charge in [-0.05, 0) is 86.6 Å². The number of nitrogens with two attached hydrogens (primary N) is 1. The maximum absolute atomic E-state index is 15.2. The summed E-state index contributed by atoms with van der Waals surface area (Å²) in [4.78, 5) is 30.4. The lowest BCUT2D eigenvalue weighted by atomic mass is 9.82. The molecular formula is C32H35FN4O4. The highest BCUT2D eigenvalue weighted by Gasteiger charge is 2.41. The number of pyridine rings is 1. The van der Waals surface area contributed by atoms with Gasteiger partial charge in [0.25, 0.3) is 5.91 Å². The summed E-state index contributed by atoms with van der Waals surface area (Å²) >= 11 is 0. The van der Waals surface area contributed by atoms with Crippen LogP contribution < -0.4 is 15.8 Å². The number of anilines is 1. The Morgan fingerprint density at radius 1 is 1.00 bits per heavy atom. The van der Waals surface area contributed by atoms with Crippen LogP contribution in [-0.4, -0.2) is 52.7 Å². The molecule has 1 saturated heterocycles. The third-order valence-electron chi connectivity index (χ3n) is 8.22. The van der Waals surface area contributed by atoms with Gasteiger partial charge in [0.15, 0.2) is 0 Å². The molecule has 3 aliphatic rings. The number of nitrogens with one attached hydrogen (secondary N) is 1. The number of hydrogen-bond acceptors (Lipinski definition) is 6. The minimum absolute atomic E-state index is 0.0876. The van der Waals surface area contributed by atoms with Gasteiger partial charge in [-0.1, -0.05) is 18.2 Å². The molecule has 0 bridgehead atoms. The molecular weight excluding hydrogens is 523 g/mol. The van der Waals surface area contributed by atoms with Crippen molar-refractivity contribution in [3.63, 3.8) is 0 Å². The van der Waals surface area contributed by atoms with Crippen molar-refractivity contribution in [3.8, 4) is 28.0 Å². The molecule has 0 unspecified atom stereocenters. The summed E-state index contributed by atoms with van der Waals surface area (Å²) in [5, 5.41) is 2.85. The smallest absolute Gasteiger partial charge is 0.410 e. The fourth-order valence-corrected chi connectivity index (χ4v) is 6.00. The molecule has 4 heterocycles. The monoisotopic (exact) mass is 558 g/mol. The van der Waals surface area contributed by atoms with E-state index in [0.717, 1.165) is 54.5 Å². The highest BCUT2D eigenvalue weighted by molar-refractivity contribution is 5.97. The normalized spacial score (nSPS) is 17.8. The number of aromatic nitrogens is 1. The van der Waals surface area contributed by atoms with Gasteiger partial charge in [-0.2, -0.15) is 4.39 Å². The fraction of sp³-hybridized carbons (Fsp3) is 0.406. The van der Waals surface area contributed by atoms with Crippen LogP contribution in [0.25, 0.3) is 22.3 Å². The van der Waals surface area contributed by atoms with Crippen LogP contribution in [0.4, 0.5) is 15.0 Å². The zero-order chi connectivity index (χ0) is 28.9. The quantitative estimate of drug-likeness (QED) is 0.402. The molecule has 1 spiro atoms. The molecule has 2 amide bonds. The van der Waals surface area contributed by atoms with Crippen molar-refractivity contribution in [1.29, 1.82) is 0 Å². The van der Waals surface area contributed by atoms with Crippen molar-refractivity contribution in [2.75, 3.05) is 25.4 Å². The lowest BCUT2D eigenvalue weighted by Crippen LogP contribution is -2.52. The predicted octanol–water partition coefficient (Wildman–Crippen LogP) is 5.52. The number of piperidine rings is 1. The van der Waals surface area contributed by atoms with E-state index < -0.39 is 11.5 Å². The van der Waals surface area contributed by atoms with Gasteiger partial charge in [0.2, 0.25) is 5.95 Å². The largest absolute Gasteiger partial charge is 0.487 e. The van der Waals surface area contributed by atoms with Crippen LogP contribution in [0, 0.1) is 5.95 Å². The Labute approximate surface area is 239 Å². The molecule has 3 aliphatic heterocycles. The lowest BCUT2D eigenvalue weighted by Gasteiger charge is -2.44. The highest BCUT2D eigenvalue weighted by Crippen LogP contribution is 2.42. The number of amides is 2. The Bertz CT molecular complexity index is 1540. The molecule has 1 aromatic heterocycles. The predicted molar refractivity (Wildman–Crippen MR) is 154 cm³/mol. The molecule has 9 heteroatoms. The first kappa shape index (κ1) is 27.1. The topological polar surface area (TPSA) is 107 Å². The number of aryl methyl sites for hydroxylation is 1. The van der Waals surface area contributed by atoms with Gasteiger partial charge in [-0.15, -0.1) is 0 Å². The van der Waals surface area contributed by atoms with Crippen LogP contribution in [0.3, 0.4) is 0 Å². The number of halogens is 1. The maximum Gasteiger partial charge on any atom is 0.410 e. The van der Waals surface area contributed by atoms with Gasteiger partial charge < -0.3 is 25.4 Å². The summed E-state index contributed by atoms with van der Waals surface area (Å²) in [5.74, 6) is 0.178. The van der Waals surface area contributed by atoms with Gasteiger partial charge in [-0.25, -0.2) is 9.78 Å². The van der Waals surface area contributed by atoms with E-state index in [4.69, 9.17) is 15.2 Å². The van der Waals surface area contributed by atoms with Crippen LogP contribution in [0.5, 0.6) is 5.75 Å². The first-order chi connectivity index (χ1) is 19.5. The molecule has 0 radical (unpaired) electrons. The molecule has 1 fully saturated rings. The van der Waals surface area contributed by atoms with E-state index in [2.05, 4.69) is 10.3 Å². The molecule has 0 aliphatic carbocycles. The van der Waals surface area contributed by atoms with Crippen molar-refractivity contribution < 1.29 is 23.5 Å². The number of ether oxygens (including phenoxy) is 2. The lowest BCUT2D eigenvalue weighted by molar-refractivity contribution is -0.0272. The molecule has 41 heavy (non-hydrogen) atoms. The van der Waals surface area contributed by atoms with Crippen LogP contribution >= 0.6 is 0 Å². The highest BCUT2D eigenvalue weighted by atomic mass is 19.1. The summed E-state index contributed by atoms with van der Waals surface area (Å²) in [6.45, 7) is 7.36. The molecule has 214 valence electrons. The minimum Gasteiger partial charge on any atom is -0.487 e. The SMILES string of the molecule is CC(C)(C)OC(=O)N1CCC2(CCc3cc(-c4cc(-c5ccc6c(c5)CCNC6=O)c(N)nc4F)ccc3O2)CC1. The number of rotatable bonds is 2. The van der Waals surface area contributed by atoms with Crippen LogP contribution in [0.15, 0.2) is 42.5 Å². The van der Waals surface area contributed by atoms with Crippen molar-refractivity contribution in [2.24, 2.45) is 0 Å². The summed E-state index contributed by atoms with van der Waals surface area (Å²) in [6, 6.07) is 13.0. The first-order valence-corrected chi connectivity index (χ1v) is 14.2. The van der Waals surface area contributed by atoms with Gasteiger partial charge in [-0.3, -0.25) is 4.79 Å². The van der Waals surface area contributed by atoms with E-state index in [9.17, 15) is 9.59 Å². The summed E-state index contributed by atoms with van der Waals surface area (Å²) in [7, 11) is 0. The Kier molecular flexibility index (Phi) is 6.63. The Hall–Kier alpha value is -4.14. The van der Waals surface area contributed by atoms with Gasteiger partial charge in [0, 0.05) is 49.2 Å². The summed E-state index contributed by atoms with van der Waals surface area (Å²) in [5.41, 5.74) is 10.4. The standard InChI is InChI=1S/C32H35FN4O4/c1-31(2,3)41-30(39)37-14-11-32(12-15-37)10-8-22-17-19(5-7-26(22)40-32)24-18-25(28(34)36-27(24)33)20-4-6-23-21(16-20)9-13-35-29(23)38/h4-7,16-18H,8-15H2,1-3H3,(H2,34,36)(H,35,38). The summed E-state index contributed by atoms with van der Waals surface area (Å²) in [6.07, 6.45) is 3.52. The molecule has 6 rings (SSSR count). The second kappa shape index (κ2) is 10.0. The number of fused-ring (bicyclic) bond motifs is 2. The number of nitrogens with zero attached hydrogens (tertiary/aromatic N) is 2. The van der Waals surface area contributed by atoms with Crippen LogP contribution in [0.2, 0.25) is 0 Å². The van der Waals surface area contributed by atoms with Crippen LogP contribution in [0.1, 0.15) is 61.5 Å². The number of hydrogen-bond donors (Lipinski definition) is 2. The second-order valence-corrected chi connectivity index (χ2v) is 12.2. The Morgan fingerprint density at radius 2 is 1.71 bits per heavy atom. The van der Waals surface area contributed by atoms with Crippen molar-refractivity contribution in [3.05, 3.63) is 65.1 Å². The van der Waals surface area contributed by atoms with Gasteiger partial charge in [0.1, 0.15) is 22.8 Å². The van der Waals surface area contributed by atoms with Crippen molar-refractivity contribution in [2.45, 2.75) is 64.1 Å². The zero-order valence-electron chi connectivity index (χ0n) is 23.7. The second-order valence-electron chi connectivity index (χ2n) is 12.2. The number of benzene rings is 2. The number of carbonyl (C=O) groups is 2.